The molecule has 6 nitrogen and oxygen atoms in total. The predicted octanol–water partition coefficient (Wildman–Crippen LogP) is 3.80. The fourth-order valence-corrected chi connectivity index (χ4v) is 5.05. The van der Waals surface area contributed by atoms with Crippen LogP contribution >= 0.6 is 0 Å². The van der Waals surface area contributed by atoms with Crippen LogP contribution in [0.25, 0.3) is 16.5 Å². The molecule has 34 heavy (non-hydrogen) atoms. The smallest absolute Gasteiger partial charge is 0.104 e. The highest BCUT2D eigenvalue weighted by molar-refractivity contribution is 5.94. The van der Waals surface area contributed by atoms with Gasteiger partial charge >= 0.3 is 0 Å². The Morgan fingerprint density at radius 2 is 1.76 bits per heavy atom. The second-order valence-corrected chi connectivity index (χ2v) is 9.79. The van der Waals surface area contributed by atoms with Crippen LogP contribution in [0.1, 0.15) is 37.1 Å². The minimum atomic E-state index is 0.877. The number of pyridine rings is 1. The predicted molar refractivity (Wildman–Crippen MR) is 145 cm³/mol. The highest BCUT2D eigenvalue weighted by Crippen LogP contribution is 2.31. The molecule has 184 valence electrons. The number of nitrogens with zero attached hydrogens (tertiary/aromatic N) is 4. The van der Waals surface area contributed by atoms with Gasteiger partial charge in [-0.2, -0.15) is 0 Å². The third-order valence-corrected chi connectivity index (χ3v) is 6.99. The molecule has 2 aliphatic rings. The molecular formula is C28H42N6. The van der Waals surface area contributed by atoms with E-state index in [0.29, 0.717) is 0 Å². The average Bonchev–Trinajstić information content (AvgIpc) is 2.85. The van der Waals surface area contributed by atoms with E-state index in [0.717, 1.165) is 76.3 Å². The second kappa shape index (κ2) is 11.2. The molecular weight excluding hydrogens is 420 g/mol. The first kappa shape index (κ1) is 24.6. The maximum Gasteiger partial charge on any atom is 0.104 e. The van der Waals surface area contributed by atoms with Crippen LogP contribution in [0, 0.1) is 0 Å². The number of hydrogen-bond donors (Lipinski definition) is 2. The summed E-state index contributed by atoms with van der Waals surface area (Å²) < 4.78 is 0. The number of aryl methyl sites for hydroxylation is 2. The van der Waals surface area contributed by atoms with E-state index in [2.05, 4.69) is 90.7 Å². The number of rotatable bonds is 9. The van der Waals surface area contributed by atoms with E-state index in [4.69, 9.17) is 4.98 Å². The van der Waals surface area contributed by atoms with Gasteiger partial charge in [0.2, 0.25) is 0 Å². The molecule has 3 heterocycles. The summed E-state index contributed by atoms with van der Waals surface area (Å²) in [4.78, 5) is 12.3. The summed E-state index contributed by atoms with van der Waals surface area (Å²) in [5, 5.41) is 8.43. The monoisotopic (exact) mass is 462 g/mol. The van der Waals surface area contributed by atoms with Crippen LogP contribution in [0.3, 0.4) is 0 Å². The van der Waals surface area contributed by atoms with Crippen LogP contribution in [0.15, 0.2) is 36.2 Å². The van der Waals surface area contributed by atoms with E-state index < -0.39 is 0 Å². The fourth-order valence-electron chi connectivity index (χ4n) is 5.05. The molecule has 2 aliphatic heterocycles. The molecule has 0 spiro atoms. The van der Waals surface area contributed by atoms with Gasteiger partial charge < -0.3 is 25.3 Å². The number of anilines is 1. The number of benzene rings is 1. The lowest BCUT2D eigenvalue weighted by atomic mass is 9.98. The molecule has 0 radical (unpaired) electrons. The van der Waals surface area contributed by atoms with E-state index in [1.807, 2.05) is 0 Å². The zero-order valence-corrected chi connectivity index (χ0v) is 21.7. The fraction of sp³-hybridized carbons (Fsp3) is 0.536. The molecule has 1 aromatic carbocycles. The first-order chi connectivity index (χ1) is 16.5. The summed E-state index contributed by atoms with van der Waals surface area (Å²) in [6, 6.07) is 6.95. The Balaban J connectivity index is 1.69. The van der Waals surface area contributed by atoms with Crippen molar-refractivity contribution in [1.82, 2.24) is 25.0 Å². The van der Waals surface area contributed by atoms with Crippen molar-refractivity contribution in [2.75, 3.05) is 72.3 Å². The van der Waals surface area contributed by atoms with Gasteiger partial charge in [-0.05, 0) is 80.9 Å². The van der Waals surface area contributed by atoms with E-state index >= 15 is 0 Å². The summed E-state index contributed by atoms with van der Waals surface area (Å²) in [7, 11) is 6.47. The average molecular weight is 463 g/mol. The van der Waals surface area contributed by atoms with Gasteiger partial charge in [-0.3, -0.25) is 0 Å². The summed E-state index contributed by atoms with van der Waals surface area (Å²) in [5.41, 5.74) is 7.50. The van der Waals surface area contributed by atoms with Gasteiger partial charge in [0, 0.05) is 57.4 Å². The van der Waals surface area contributed by atoms with Crippen molar-refractivity contribution in [1.29, 1.82) is 0 Å². The van der Waals surface area contributed by atoms with Crippen molar-refractivity contribution in [2.24, 2.45) is 0 Å². The Morgan fingerprint density at radius 3 is 2.44 bits per heavy atom. The molecule has 0 saturated carbocycles. The van der Waals surface area contributed by atoms with Crippen LogP contribution in [-0.4, -0.2) is 86.6 Å². The van der Waals surface area contributed by atoms with Gasteiger partial charge in [0.1, 0.15) is 5.82 Å². The van der Waals surface area contributed by atoms with E-state index in [9.17, 15) is 0 Å². The maximum atomic E-state index is 5.18. The molecule has 0 bridgehead atoms. The second-order valence-electron chi connectivity index (χ2n) is 9.79. The van der Waals surface area contributed by atoms with Crippen molar-refractivity contribution in [3.8, 4) is 0 Å². The topological polar surface area (TPSA) is 46.7 Å². The Morgan fingerprint density at radius 1 is 1.03 bits per heavy atom. The molecule has 0 unspecified atom stereocenters. The maximum absolute atomic E-state index is 5.18. The molecule has 0 atom stereocenters. The molecule has 0 amide bonds. The lowest BCUT2D eigenvalue weighted by molar-refractivity contribution is 0.222. The summed E-state index contributed by atoms with van der Waals surface area (Å²) >= 11 is 0. The van der Waals surface area contributed by atoms with Crippen molar-refractivity contribution < 1.29 is 0 Å². The van der Waals surface area contributed by atoms with Crippen LogP contribution in [0.2, 0.25) is 0 Å². The quantitative estimate of drug-likeness (QED) is 0.553. The standard InChI is InChI=1S/C28H42N6/c1-6-21-17-24-26(30-11-8-14-32(3)4)19-25(31-27(24)18-22(21)7-2)23-9-10-28(33(5)20-23)34-15-12-29-13-16-34/h9-10,17-19,29H,6-8,11-16,20H2,1-5H3,(H,30,31). The number of hydrogen-bond acceptors (Lipinski definition) is 6. The van der Waals surface area contributed by atoms with Crippen molar-refractivity contribution in [3.05, 3.63) is 53.0 Å². The highest BCUT2D eigenvalue weighted by Gasteiger charge is 2.21. The van der Waals surface area contributed by atoms with E-state index in [1.165, 1.54) is 33.6 Å². The highest BCUT2D eigenvalue weighted by atomic mass is 15.3. The first-order valence-corrected chi connectivity index (χ1v) is 12.9. The lowest BCUT2D eigenvalue weighted by Crippen LogP contribution is -2.46. The van der Waals surface area contributed by atoms with Crippen molar-refractivity contribution in [3.63, 3.8) is 0 Å². The van der Waals surface area contributed by atoms with Crippen LogP contribution in [0.5, 0.6) is 0 Å². The molecule has 4 rings (SSSR count). The number of aromatic nitrogens is 1. The third kappa shape index (κ3) is 5.56. The molecule has 2 aromatic rings. The summed E-state index contributed by atoms with van der Waals surface area (Å²) in [5.74, 6) is 1.31. The van der Waals surface area contributed by atoms with Crippen LogP contribution in [0.4, 0.5) is 5.69 Å². The Kier molecular flexibility index (Phi) is 8.11. The minimum absolute atomic E-state index is 0.877. The zero-order chi connectivity index (χ0) is 24.1. The van der Waals surface area contributed by atoms with Gasteiger partial charge in [0.25, 0.3) is 0 Å². The molecule has 6 heteroatoms. The van der Waals surface area contributed by atoms with Gasteiger partial charge in [-0.25, -0.2) is 4.98 Å². The first-order valence-electron chi connectivity index (χ1n) is 12.9. The summed E-state index contributed by atoms with van der Waals surface area (Å²) in [6.07, 6.45) is 7.76. The number of allylic oxidation sites excluding steroid dienone is 2. The van der Waals surface area contributed by atoms with E-state index in [-0.39, 0.29) is 0 Å². The van der Waals surface area contributed by atoms with Gasteiger partial charge in [0.05, 0.1) is 11.2 Å². The van der Waals surface area contributed by atoms with Crippen molar-refractivity contribution in [2.45, 2.75) is 33.1 Å². The zero-order valence-electron chi connectivity index (χ0n) is 21.7. The minimum Gasteiger partial charge on any atom is -0.384 e. The summed E-state index contributed by atoms with van der Waals surface area (Å²) in [6.45, 7) is 11.6. The van der Waals surface area contributed by atoms with Crippen molar-refractivity contribution >= 4 is 22.2 Å². The third-order valence-electron chi connectivity index (χ3n) is 6.99. The molecule has 0 aliphatic carbocycles. The molecule has 1 aromatic heterocycles. The molecule has 2 N–H and O–H groups in total. The van der Waals surface area contributed by atoms with Gasteiger partial charge in [-0.15, -0.1) is 0 Å². The van der Waals surface area contributed by atoms with Crippen LogP contribution in [-0.2, 0) is 12.8 Å². The number of fused-ring (bicyclic) bond motifs is 1. The van der Waals surface area contributed by atoms with Gasteiger partial charge in [0.15, 0.2) is 0 Å². The number of piperazine rings is 1. The lowest BCUT2D eigenvalue weighted by Gasteiger charge is -2.38. The normalized spacial score (nSPS) is 16.8. The SMILES string of the molecule is CCc1cc2nc(C3=CC=C(N4CCNCC4)N(C)C3)cc(NCCCN(C)C)c2cc1CC. The number of likely N-dealkylation sites (N-methyl/N-ethyl adjacent to an activating group) is 1. The van der Waals surface area contributed by atoms with E-state index in [1.54, 1.807) is 0 Å². The molecule has 1 fully saturated rings. The number of nitrogens with one attached hydrogen (secondary N) is 2. The van der Waals surface area contributed by atoms with Crippen LogP contribution < -0.4 is 10.6 Å². The van der Waals surface area contributed by atoms with Gasteiger partial charge in [-0.1, -0.05) is 19.9 Å². The Hall–Kier alpha value is -2.57. The Bertz CT molecular complexity index is 1050. The molecule has 1 saturated heterocycles. The Labute approximate surface area is 205 Å². The largest absolute Gasteiger partial charge is 0.384 e.